The van der Waals surface area contributed by atoms with Crippen molar-refractivity contribution < 1.29 is 37.9 Å². The number of hydrogen-bond acceptors (Lipinski definition) is 6. The van der Waals surface area contributed by atoms with Crippen molar-refractivity contribution in [1.29, 1.82) is 0 Å². The predicted octanol–water partition coefficient (Wildman–Crippen LogP) is 7.56. The number of carbonyl (C=O) groups excluding carboxylic acids is 2. The Morgan fingerprint density at radius 2 is 1.19 bits per heavy atom. The number of carbonyl (C=O) groups is 2. The third-order valence-corrected chi connectivity index (χ3v) is 6.67. The zero-order chi connectivity index (χ0) is 27.6. The van der Waals surface area contributed by atoms with E-state index in [9.17, 15) is 14.2 Å². The van der Waals surface area contributed by atoms with Crippen LogP contribution in [0.3, 0.4) is 0 Å². The maximum absolute atomic E-state index is 12.2. The van der Waals surface area contributed by atoms with Gasteiger partial charge >= 0.3 is 19.8 Å². The zero-order valence-corrected chi connectivity index (χ0v) is 24.1. The molecule has 0 saturated carbocycles. The number of phosphoric acid groups is 1. The zero-order valence-electron chi connectivity index (χ0n) is 23.2. The van der Waals surface area contributed by atoms with Gasteiger partial charge in [0.1, 0.15) is 6.61 Å². The van der Waals surface area contributed by atoms with E-state index in [1.165, 1.54) is 57.8 Å². The highest BCUT2D eigenvalue weighted by atomic mass is 31.2. The molecule has 0 radical (unpaired) electrons. The molecule has 37 heavy (non-hydrogen) atoms. The minimum Gasteiger partial charge on any atom is -0.462 e. The molecule has 0 unspecified atom stereocenters. The summed E-state index contributed by atoms with van der Waals surface area (Å²) in [6, 6.07) is 0. The minimum absolute atomic E-state index is 0.204. The van der Waals surface area contributed by atoms with Gasteiger partial charge in [0.25, 0.3) is 0 Å². The van der Waals surface area contributed by atoms with Gasteiger partial charge in [0.15, 0.2) is 6.10 Å². The predicted molar refractivity (Wildman–Crippen MR) is 147 cm³/mol. The number of rotatable bonds is 27. The van der Waals surface area contributed by atoms with Crippen molar-refractivity contribution in [2.45, 2.75) is 141 Å². The molecule has 0 saturated heterocycles. The van der Waals surface area contributed by atoms with Gasteiger partial charge < -0.3 is 19.3 Å². The Morgan fingerprint density at radius 3 is 1.68 bits per heavy atom. The van der Waals surface area contributed by atoms with Crippen LogP contribution >= 0.6 is 7.82 Å². The highest BCUT2D eigenvalue weighted by Crippen LogP contribution is 2.35. The second-order valence-corrected chi connectivity index (χ2v) is 11.1. The van der Waals surface area contributed by atoms with Crippen molar-refractivity contribution in [3.8, 4) is 0 Å². The molecular weight excluding hydrogens is 495 g/mol. The van der Waals surface area contributed by atoms with E-state index in [1.807, 2.05) is 6.08 Å². The summed E-state index contributed by atoms with van der Waals surface area (Å²) in [5, 5.41) is 0. The summed E-state index contributed by atoms with van der Waals surface area (Å²) in [5.74, 6) is -0.902. The maximum Gasteiger partial charge on any atom is 0.469 e. The quantitative estimate of drug-likeness (QED) is 0.0467. The van der Waals surface area contributed by atoms with Gasteiger partial charge in [-0.3, -0.25) is 14.1 Å². The van der Waals surface area contributed by atoms with Crippen LogP contribution in [0.15, 0.2) is 12.7 Å². The lowest BCUT2D eigenvalue weighted by Crippen LogP contribution is -2.29. The lowest BCUT2D eigenvalue weighted by molar-refractivity contribution is -0.161. The van der Waals surface area contributed by atoms with Crippen molar-refractivity contribution >= 4 is 19.8 Å². The van der Waals surface area contributed by atoms with Crippen LogP contribution in [0.25, 0.3) is 0 Å². The Morgan fingerprint density at radius 1 is 0.730 bits per heavy atom. The van der Waals surface area contributed by atoms with E-state index >= 15 is 0 Å². The second kappa shape index (κ2) is 25.1. The third kappa shape index (κ3) is 27.6. The molecule has 0 rings (SSSR count). The number of unbranched alkanes of at least 4 members (excludes halogenated alkanes) is 16. The van der Waals surface area contributed by atoms with E-state index in [4.69, 9.17) is 19.3 Å². The van der Waals surface area contributed by atoms with E-state index in [2.05, 4.69) is 18.0 Å². The summed E-state index contributed by atoms with van der Waals surface area (Å²) in [4.78, 5) is 42.2. The van der Waals surface area contributed by atoms with Crippen LogP contribution < -0.4 is 0 Å². The van der Waals surface area contributed by atoms with Crippen LogP contribution in [0.1, 0.15) is 135 Å². The first-order valence-corrected chi connectivity index (χ1v) is 16.0. The van der Waals surface area contributed by atoms with E-state index in [0.29, 0.717) is 6.42 Å². The lowest BCUT2D eigenvalue weighted by atomic mass is 10.1. The fraction of sp³-hybridized carbons (Fsp3) is 0.857. The SMILES string of the molecule is C=CCCCCCCCCCC(=O)O[C@H](COC(=O)CCCCCCCCCCCC)COP(=O)(O)O. The number of phosphoric ester groups is 1. The van der Waals surface area contributed by atoms with Gasteiger partial charge in [-0.25, -0.2) is 4.57 Å². The Labute approximate surface area is 225 Å². The highest BCUT2D eigenvalue weighted by molar-refractivity contribution is 7.46. The fourth-order valence-electron chi connectivity index (χ4n) is 4.00. The molecule has 1 atom stereocenters. The van der Waals surface area contributed by atoms with E-state index in [-0.39, 0.29) is 19.4 Å². The molecule has 0 spiro atoms. The first kappa shape index (κ1) is 35.8. The smallest absolute Gasteiger partial charge is 0.462 e. The number of ether oxygens (including phenoxy) is 2. The molecule has 0 fully saturated rings. The molecule has 0 aromatic carbocycles. The molecule has 0 aliphatic heterocycles. The molecule has 9 heteroatoms. The molecule has 8 nitrogen and oxygen atoms in total. The average molecular weight is 549 g/mol. The monoisotopic (exact) mass is 548 g/mol. The average Bonchev–Trinajstić information content (AvgIpc) is 2.85. The van der Waals surface area contributed by atoms with Gasteiger partial charge in [-0.15, -0.1) is 6.58 Å². The van der Waals surface area contributed by atoms with Crippen molar-refractivity contribution in [1.82, 2.24) is 0 Å². The molecule has 0 aromatic heterocycles. The van der Waals surface area contributed by atoms with Crippen LogP contribution in [0.2, 0.25) is 0 Å². The largest absolute Gasteiger partial charge is 0.469 e. The van der Waals surface area contributed by atoms with Crippen LogP contribution in [-0.4, -0.2) is 41.0 Å². The summed E-state index contributed by atoms with van der Waals surface area (Å²) in [6.07, 6.45) is 21.3. The molecule has 0 aliphatic rings. The normalized spacial score (nSPS) is 12.3. The number of hydrogen-bond donors (Lipinski definition) is 2. The van der Waals surface area contributed by atoms with Crippen molar-refractivity contribution in [2.24, 2.45) is 0 Å². The van der Waals surface area contributed by atoms with Gasteiger partial charge in [0.2, 0.25) is 0 Å². The van der Waals surface area contributed by atoms with Crippen LogP contribution in [-0.2, 0) is 28.2 Å². The standard InChI is InChI=1S/C28H53O8P/c1-3-5-7-9-11-13-15-16-18-20-22-27(29)34-24-26(25-35-37(31,32)33)36-28(30)23-21-19-17-14-12-10-8-6-4-2/h4,26H,2-3,5-25H2,1H3,(H2,31,32,33)/t26-/m1/s1. The first-order valence-electron chi connectivity index (χ1n) is 14.4. The summed E-state index contributed by atoms with van der Waals surface area (Å²) < 4.78 is 26.0. The Balaban J connectivity index is 4.07. The van der Waals surface area contributed by atoms with Crippen molar-refractivity contribution in [3.63, 3.8) is 0 Å². The van der Waals surface area contributed by atoms with Crippen LogP contribution in [0.4, 0.5) is 0 Å². The molecule has 0 heterocycles. The number of allylic oxidation sites excluding steroid dienone is 1. The van der Waals surface area contributed by atoms with Crippen LogP contribution in [0.5, 0.6) is 0 Å². The molecule has 2 N–H and O–H groups in total. The van der Waals surface area contributed by atoms with Crippen molar-refractivity contribution in [3.05, 3.63) is 12.7 Å². The minimum atomic E-state index is -4.73. The first-order chi connectivity index (χ1) is 17.8. The Bertz CT molecular complexity index is 619. The molecule has 0 amide bonds. The van der Waals surface area contributed by atoms with Crippen LogP contribution in [0, 0.1) is 0 Å². The summed E-state index contributed by atoms with van der Waals surface area (Å²) >= 11 is 0. The summed E-state index contributed by atoms with van der Waals surface area (Å²) in [5.41, 5.74) is 0. The number of esters is 2. The fourth-order valence-corrected chi connectivity index (χ4v) is 4.36. The topological polar surface area (TPSA) is 119 Å². The molecule has 0 aliphatic carbocycles. The summed E-state index contributed by atoms with van der Waals surface area (Å²) in [6.45, 7) is 5.11. The second-order valence-electron chi connectivity index (χ2n) is 9.82. The van der Waals surface area contributed by atoms with Crippen molar-refractivity contribution in [2.75, 3.05) is 13.2 Å². The van der Waals surface area contributed by atoms with Gasteiger partial charge in [0, 0.05) is 12.8 Å². The Hall–Kier alpha value is -1.21. The van der Waals surface area contributed by atoms with E-state index in [0.717, 1.165) is 51.4 Å². The van der Waals surface area contributed by atoms with Gasteiger partial charge in [-0.1, -0.05) is 103 Å². The molecular formula is C28H53O8P. The van der Waals surface area contributed by atoms with Gasteiger partial charge in [-0.05, 0) is 25.7 Å². The Kier molecular flexibility index (Phi) is 24.3. The molecule has 0 aromatic rings. The summed E-state index contributed by atoms with van der Waals surface area (Å²) in [7, 11) is -4.73. The molecule has 218 valence electrons. The van der Waals surface area contributed by atoms with Gasteiger partial charge in [0.05, 0.1) is 6.61 Å². The van der Waals surface area contributed by atoms with E-state index < -0.39 is 32.5 Å². The van der Waals surface area contributed by atoms with Gasteiger partial charge in [-0.2, -0.15) is 0 Å². The highest BCUT2D eigenvalue weighted by Gasteiger charge is 2.22. The lowest BCUT2D eigenvalue weighted by Gasteiger charge is -2.18. The van der Waals surface area contributed by atoms with E-state index in [1.54, 1.807) is 0 Å². The molecule has 0 bridgehead atoms. The third-order valence-electron chi connectivity index (χ3n) is 6.18. The maximum atomic E-state index is 12.2.